The van der Waals surface area contributed by atoms with Crippen LogP contribution in [0.3, 0.4) is 0 Å². The van der Waals surface area contributed by atoms with Crippen molar-refractivity contribution in [2.24, 2.45) is 0 Å². The molecule has 0 bridgehead atoms. The first-order valence-corrected chi connectivity index (χ1v) is 7.33. The van der Waals surface area contributed by atoms with Gasteiger partial charge in [-0.05, 0) is 40.2 Å². The molecular formula is C19H17BO2. The fourth-order valence-electron chi connectivity index (χ4n) is 2.54. The molecule has 1 aliphatic rings. The van der Waals surface area contributed by atoms with Crippen LogP contribution >= 0.6 is 0 Å². The van der Waals surface area contributed by atoms with Crippen LogP contribution in [0.5, 0.6) is 0 Å². The van der Waals surface area contributed by atoms with Crippen LogP contribution in [0, 0.1) is 0 Å². The lowest BCUT2D eigenvalue weighted by Gasteiger charge is -2.06. The van der Waals surface area contributed by atoms with Crippen molar-refractivity contribution in [1.82, 2.24) is 0 Å². The highest BCUT2D eigenvalue weighted by atomic mass is 16.4. The average molecular weight is 288 g/mol. The van der Waals surface area contributed by atoms with E-state index in [-0.39, 0.29) is 0 Å². The maximum Gasteiger partial charge on any atom is 0.484 e. The Hall–Kier alpha value is -2.36. The normalized spacial score (nSPS) is 14.1. The molecule has 1 aliphatic carbocycles. The third-order valence-electron chi connectivity index (χ3n) is 3.76. The molecule has 0 radical (unpaired) electrons. The molecule has 0 amide bonds. The lowest BCUT2D eigenvalue weighted by atomic mass is 9.77. The van der Waals surface area contributed by atoms with E-state index < -0.39 is 7.12 Å². The number of hydrogen-bond acceptors (Lipinski definition) is 2. The fraction of sp³-hybridized carbons (Fsp3) is 0.0526. The van der Waals surface area contributed by atoms with Gasteiger partial charge in [-0.3, -0.25) is 0 Å². The minimum Gasteiger partial charge on any atom is -0.423 e. The van der Waals surface area contributed by atoms with Gasteiger partial charge in [-0.2, -0.15) is 0 Å². The molecule has 0 spiro atoms. The zero-order valence-electron chi connectivity index (χ0n) is 12.2. The number of rotatable bonds is 3. The zero-order chi connectivity index (χ0) is 15.4. The van der Waals surface area contributed by atoms with Crippen LogP contribution in [-0.4, -0.2) is 17.2 Å². The number of hydrogen-bond donors (Lipinski definition) is 2. The Bertz CT molecular complexity index is 743. The highest BCUT2D eigenvalue weighted by molar-refractivity contribution is 6.50. The second-order valence-electron chi connectivity index (χ2n) is 5.29. The summed E-state index contributed by atoms with van der Waals surface area (Å²) in [5.41, 5.74) is 5.13. The van der Waals surface area contributed by atoms with E-state index in [4.69, 9.17) is 0 Å². The Balaban J connectivity index is 1.96. The number of allylic oxidation sites excluding steroid dienone is 6. The largest absolute Gasteiger partial charge is 0.484 e. The molecule has 0 heterocycles. The maximum absolute atomic E-state index is 9.28. The van der Waals surface area contributed by atoms with E-state index in [0.29, 0.717) is 11.9 Å². The van der Waals surface area contributed by atoms with E-state index in [1.807, 2.05) is 42.5 Å². The predicted octanol–water partition coefficient (Wildman–Crippen LogP) is 3.64. The molecular weight excluding hydrogens is 271 g/mol. The van der Waals surface area contributed by atoms with Crippen molar-refractivity contribution in [3.8, 4) is 11.1 Å². The first kappa shape index (κ1) is 14.6. The highest BCUT2D eigenvalue weighted by Crippen LogP contribution is 2.26. The molecule has 0 saturated heterocycles. The van der Waals surface area contributed by atoms with Crippen LogP contribution in [-0.2, 0) is 0 Å². The van der Waals surface area contributed by atoms with E-state index in [1.165, 1.54) is 11.1 Å². The summed E-state index contributed by atoms with van der Waals surface area (Å²) >= 11 is 0. The topological polar surface area (TPSA) is 40.5 Å². The SMILES string of the molecule is OB(O)C1=CC=C(c2cccc(-c3ccccc3)c2)C=CC1. The molecule has 2 N–H and O–H groups in total. The maximum atomic E-state index is 9.28. The molecule has 3 rings (SSSR count). The Kier molecular flexibility index (Phi) is 4.38. The Morgan fingerprint density at radius 2 is 1.50 bits per heavy atom. The molecule has 0 saturated carbocycles. The van der Waals surface area contributed by atoms with Crippen LogP contribution in [0.25, 0.3) is 16.7 Å². The number of benzene rings is 2. The van der Waals surface area contributed by atoms with Crippen LogP contribution in [0.4, 0.5) is 0 Å². The molecule has 0 aliphatic heterocycles. The van der Waals surface area contributed by atoms with Crippen molar-refractivity contribution in [3.63, 3.8) is 0 Å². The second kappa shape index (κ2) is 6.61. The molecule has 0 atom stereocenters. The van der Waals surface area contributed by atoms with Crippen molar-refractivity contribution >= 4 is 12.7 Å². The average Bonchev–Trinajstić information content (AvgIpc) is 2.82. The van der Waals surface area contributed by atoms with E-state index in [2.05, 4.69) is 30.3 Å². The van der Waals surface area contributed by atoms with Crippen LogP contribution < -0.4 is 0 Å². The van der Waals surface area contributed by atoms with Gasteiger partial charge < -0.3 is 10.0 Å². The van der Waals surface area contributed by atoms with Crippen LogP contribution in [0.1, 0.15) is 12.0 Å². The van der Waals surface area contributed by atoms with Gasteiger partial charge in [0.1, 0.15) is 0 Å². The smallest absolute Gasteiger partial charge is 0.423 e. The minimum atomic E-state index is -1.39. The third-order valence-corrected chi connectivity index (χ3v) is 3.76. The van der Waals surface area contributed by atoms with Gasteiger partial charge in [0, 0.05) is 0 Å². The van der Waals surface area contributed by atoms with Gasteiger partial charge in [-0.15, -0.1) is 0 Å². The van der Waals surface area contributed by atoms with Crippen LogP contribution in [0.15, 0.2) is 84.4 Å². The predicted molar refractivity (Wildman–Crippen MR) is 91.9 cm³/mol. The molecule has 22 heavy (non-hydrogen) atoms. The molecule has 0 unspecified atom stereocenters. The quantitative estimate of drug-likeness (QED) is 0.847. The van der Waals surface area contributed by atoms with Crippen molar-refractivity contribution in [3.05, 3.63) is 89.9 Å². The summed E-state index contributed by atoms with van der Waals surface area (Å²) in [4.78, 5) is 0. The summed E-state index contributed by atoms with van der Waals surface area (Å²) in [7, 11) is -1.39. The third kappa shape index (κ3) is 3.27. The van der Waals surface area contributed by atoms with Crippen molar-refractivity contribution in [2.75, 3.05) is 0 Å². The molecule has 0 aromatic heterocycles. The summed E-state index contributed by atoms with van der Waals surface area (Å²) in [5.74, 6) is 0. The van der Waals surface area contributed by atoms with Crippen molar-refractivity contribution in [2.45, 2.75) is 6.42 Å². The summed E-state index contributed by atoms with van der Waals surface area (Å²) < 4.78 is 0. The minimum absolute atomic E-state index is 0.552. The van der Waals surface area contributed by atoms with Crippen molar-refractivity contribution < 1.29 is 10.0 Å². The standard InChI is InChI=1S/C19H17BO2/c21-20(22)19-11-5-8-16(12-13-19)18-10-4-9-17(14-18)15-6-2-1-3-7-15/h1-10,12-14,21-22H,11H2. The van der Waals surface area contributed by atoms with Gasteiger partial charge in [0.25, 0.3) is 0 Å². The summed E-state index contributed by atoms with van der Waals surface area (Å²) in [6.07, 6.45) is 8.25. The van der Waals surface area contributed by atoms with Gasteiger partial charge in [-0.25, -0.2) is 0 Å². The van der Waals surface area contributed by atoms with Gasteiger partial charge in [0.05, 0.1) is 0 Å². The van der Waals surface area contributed by atoms with Crippen LogP contribution in [0.2, 0.25) is 0 Å². The first-order chi connectivity index (χ1) is 10.7. The van der Waals surface area contributed by atoms with Gasteiger partial charge in [0.15, 0.2) is 0 Å². The van der Waals surface area contributed by atoms with Gasteiger partial charge in [0.2, 0.25) is 0 Å². The molecule has 2 aromatic rings. The molecule has 0 fully saturated rings. The Labute approximate surface area is 130 Å². The summed E-state index contributed by atoms with van der Waals surface area (Å²) in [6.45, 7) is 0. The molecule has 108 valence electrons. The van der Waals surface area contributed by atoms with E-state index in [1.54, 1.807) is 6.08 Å². The van der Waals surface area contributed by atoms with Gasteiger partial charge >= 0.3 is 7.12 Å². The molecule has 2 nitrogen and oxygen atoms in total. The Morgan fingerprint density at radius 1 is 0.773 bits per heavy atom. The van der Waals surface area contributed by atoms with E-state index in [0.717, 1.165) is 11.1 Å². The van der Waals surface area contributed by atoms with Crippen molar-refractivity contribution in [1.29, 1.82) is 0 Å². The molecule has 2 aromatic carbocycles. The fourth-order valence-corrected chi connectivity index (χ4v) is 2.54. The second-order valence-corrected chi connectivity index (χ2v) is 5.29. The monoisotopic (exact) mass is 288 g/mol. The Morgan fingerprint density at radius 3 is 2.27 bits per heavy atom. The first-order valence-electron chi connectivity index (χ1n) is 7.33. The highest BCUT2D eigenvalue weighted by Gasteiger charge is 2.14. The van der Waals surface area contributed by atoms with E-state index in [9.17, 15) is 10.0 Å². The van der Waals surface area contributed by atoms with Gasteiger partial charge in [-0.1, -0.05) is 72.8 Å². The zero-order valence-corrected chi connectivity index (χ0v) is 12.2. The molecule has 3 heteroatoms. The lowest BCUT2D eigenvalue weighted by molar-refractivity contribution is 0.418. The summed E-state index contributed by atoms with van der Waals surface area (Å²) in [5, 5.41) is 18.6. The summed E-state index contributed by atoms with van der Waals surface area (Å²) in [6, 6.07) is 18.6. The van der Waals surface area contributed by atoms with E-state index >= 15 is 0 Å². The lowest BCUT2D eigenvalue weighted by Crippen LogP contribution is -2.14.